The first kappa shape index (κ1) is 12.5. The van der Waals surface area contributed by atoms with E-state index in [9.17, 15) is 0 Å². The molecule has 1 saturated carbocycles. The zero-order chi connectivity index (χ0) is 13.2. The monoisotopic (exact) mass is 255 g/mol. The van der Waals surface area contributed by atoms with Crippen molar-refractivity contribution >= 4 is 16.6 Å². The van der Waals surface area contributed by atoms with Gasteiger partial charge in [0, 0.05) is 25.2 Å². The van der Waals surface area contributed by atoms with Crippen LogP contribution < -0.4 is 9.47 Å². The fraction of sp³-hybridized carbons (Fsp3) is 0.471. The van der Waals surface area contributed by atoms with Crippen LogP contribution in [-0.4, -0.2) is 13.1 Å². The molecule has 1 aliphatic rings. The Morgan fingerprint density at radius 3 is 2.58 bits per heavy atom. The van der Waals surface area contributed by atoms with E-state index in [4.69, 9.17) is 0 Å². The van der Waals surface area contributed by atoms with Crippen molar-refractivity contribution in [2.45, 2.75) is 38.1 Å². The van der Waals surface area contributed by atoms with E-state index in [1.807, 2.05) is 0 Å². The highest BCUT2D eigenvalue weighted by Gasteiger charge is 2.21. The van der Waals surface area contributed by atoms with Crippen molar-refractivity contribution in [1.82, 2.24) is 0 Å². The summed E-state index contributed by atoms with van der Waals surface area (Å²) in [6.45, 7) is 0. The normalized spacial score (nSPS) is 16.7. The van der Waals surface area contributed by atoms with Gasteiger partial charge in [0.25, 0.3) is 0 Å². The lowest BCUT2D eigenvalue weighted by Gasteiger charge is -2.33. The van der Waals surface area contributed by atoms with Gasteiger partial charge in [-0.3, -0.25) is 0 Å². The van der Waals surface area contributed by atoms with E-state index in [2.05, 4.69) is 60.1 Å². The molecular weight excluding hydrogens is 232 g/mol. The van der Waals surface area contributed by atoms with Crippen LogP contribution in [0.15, 0.2) is 36.5 Å². The van der Waals surface area contributed by atoms with Crippen LogP contribution in [0.3, 0.4) is 0 Å². The van der Waals surface area contributed by atoms with Crippen molar-refractivity contribution in [3.05, 3.63) is 36.5 Å². The minimum absolute atomic E-state index is 0.713. The number of nitrogens with zero attached hydrogens (tertiary/aromatic N) is 2. The molecule has 0 N–H and O–H groups in total. The Hall–Kier alpha value is -1.57. The summed E-state index contributed by atoms with van der Waals surface area (Å²) in [5, 5.41) is 1.36. The van der Waals surface area contributed by atoms with E-state index >= 15 is 0 Å². The highest BCUT2D eigenvalue weighted by Crippen LogP contribution is 2.29. The molecule has 3 rings (SSSR count). The molecule has 1 aromatic carbocycles. The molecule has 1 aliphatic carbocycles. The molecule has 2 aromatic rings. The Kier molecular flexibility index (Phi) is 3.41. The number of anilines is 1. The molecule has 0 bridgehead atoms. The second-order valence-corrected chi connectivity index (χ2v) is 5.73. The SMILES string of the molecule is CN(c1cc[n+](C)c2ccccc12)C1CCCCC1. The fourth-order valence-corrected chi connectivity index (χ4v) is 3.32. The quantitative estimate of drug-likeness (QED) is 0.746. The van der Waals surface area contributed by atoms with Crippen molar-refractivity contribution in [3.63, 3.8) is 0 Å². The van der Waals surface area contributed by atoms with Crippen LogP contribution in [0.1, 0.15) is 32.1 Å². The molecule has 2 nitrogen and oxygen atoms in total. The van der Waals surface area contributed by atoms with E-state index in [1.54, 1.807) is 0 Å². The largest absolute Gasteiger partial charge is 0.371 e. The van der Waals surface area contributed by atoms with Gasteiger partial charge in [0.15, 0.2) is 6.20 Å². The van der Waals surface area contributed by atoms with Crippen LogP contribution in [0.5, 0.6) is 0 Å². The van der Waals surface area contributed by atoms with Crippen molar-refractivity contribution in [1.29, 1.82) is 0 Å². The number of benzene rings is 1. The van der Waals surface area contributed by atoms with Gasteiger partial charge < -0.3 is 4.90 Å². The van der Waals surface area contributed by atoms with Gasteiger partial charge in [-0.25, -0.2) is 4.57 Å². The zero-order valence-corrected chi connectivity index (χ0v) is 12.0. The lowest BCUT2D eigenvalue weighted by Crippen LogP contribution is -2.35. The van der Waals surface area contributed by atoms with Gasteiger partial charge in [-0.2, -0.15) is 0 Å². The third kappa shape index (κ3) is 2.32. The van der Waals surface area contributed by atoms with Crippen molar-refractivity contribution < 1.29 is 4.57 Å². The number of pyridine rings is 1. The topological polar surface area (TPSA) is 7.12 Å². The molecule has 0 saturated heterocycles. The number of aryl methyl sites for hydroxylation is 1. The fourth-order valence-electron chi connectivity index (χ4n) is 3.32. The predicted octanol–water partition coefficient (Wildman–Crippen LogP) is 3.43. The third-order valence-electron chi connectivity index (χ3n) is 4.52. The minimum atomic E-state index is 0.713. The Balaban J connectivity index is 2.02. The molecule has 100 valence electrons. The number of para-hydroxylation sites is 1. The molecule has 0 radical (unpaired) electrons. The number of fused-ring (bicyclic) bond motifs is 1. The third-order valence-corrected chi connectivity index (χ3v) is 4.52. The number of hydrogen-bond acceptors (Lipinski definition) is 1. The Labute approximate surface area is 115 Å². The van der Waals surface area contributed by atoms with Crippen LogP contribution in [0.25, 0.3) is 10.9 Å². The summed E-state index contributed by atoms with van der Waals surface area (Å²) in [5.74, 6) is 0. The second kappa shape index (κ2) is 5.20. The van der Waals surface area contributed by atoms with E-state index < -0.39 is 0 Å². The minimum Gasteiger partial charge on any atom is -0.371 e. The molecule has 2 heteroatoms. The Morgan fingerprint density at radius 1 is 1.05 bits per heavy atom. The van der Waals surface area contributed by atoms with Crippen molar-refractivity contribution in [3.8, 4) is 0 Å². The number of aromatic nitrogens is 1. The van der Waals surface area contributed by atoms with Gasteiger partial charge in [-0.1, -0.05) is 31.4 Å². The summed E-state index contributed by atoms with van der Waals surface area (Å²) in [6, 6.07) is 11.7. The summed E-state index contributed by atoms with van der Waals surface area (Å²) in [7, 11) is 4.38. The van der Waals surface area contributed by atoms with Gasteiger partial charge in [0.05, 0.1) is 11.1 Å². The predicted molar refractivity (Wildman–Crippen MR) is 80.4 cm³/mol. The van der Waals surface area contributed by atoms with Crippen molar-refractivity contribution in [2.24, 2.45) is 7.05 Å². The molecule has 1 heterocycles. The summed E-state index contributed by atoms with van der Waals surface area (Å²) >= 11 is 0. The van der Waals surface area contributed by atoms with Gasteiger partial charge in [0.1, 0.15) is 7.05 Å². The molecule has 0 unspecified atom stereocenters. The highest BCUT2D eigenvalue weighted by molar-refractivity contribution is 5.89. The molecule has 0 aliphatic heterocycles. The number of hydrogen-bond donors (Lipinski definition) is 0. The first-order valence-corrected chi connectivity index (χ1v) is 7.37. The summed E-state index contributed by atoms with van der Waals surface area (Å²) in [6.07, 6.45) is 9.03. The summed E-state index contributed by atoms with van der Waals surface area (Å²) in [5.41, 5.74) is 2.68. The average Bonchev–Trinajstić information content (AvgIpc) is 2.48. The maximum absolute atomic E-state index is 2.50. The molecule has 0 atom stereocenters. The molecule has 0 amide bonds. The molecular formula is C17H23N2+. The molecule has 1 fully saturated rings. The first-order valence-electron chi connectivity index (χ1n) is 7.37. The molecule has 0 spiro atoms. The lowest BCUT2D eigenvalue weighted by atomic mass is 9.94. The van der Waals surface area contributed by atoms with Gasteiger partial charge in [0.2, 0.25) is 5.52 Å². The van der Waals surface area contributed by atoms with Gasteiger partial charge in [-0.05, 0) is 18.9 Å². The Bertz CT molecular complexity index is 570. The van der Waals surface area contributed by atoms with Gasteiger partial charge >= 0.3 is 0 Å². The van der Waals surface area contributed by atoms with Gasteiger partial charge in [-0.15, -0.1) is 0 Å². The van der Waals surface area contributed by atoms with Crippen LogP contribution in [0, 0.1) is 0 Å². The van der Waals surface area contributed by atoms with Crippen LogP contribution in [0.2, 0.25) is 0 Å². The van der Waals surface area contributed by atoms with E-state index in [1.165, 1.54) is 48.7 Å². The van der Waals surface area contributed by atoms with Crippen LogP contribution in [0.4, 0.5) is 5.69 Å². The second-order valence-electron chi connectivity index (χ2n) is 5.73. The summed E-state index contributed by atoms with van der Waals surface area (Å²) in [4.78, 5) is 2.50. The lowest BCUT2D eigenvalue weighted by molar-refractivity contribution is -0.644. The van der Waals surface area contributed by atoms with Crippen LogP contribution in [-0.2, 0) is 7.05 Å². The Morgan fingerprint density at radius 2 is 1.79 bits per heavy atom. The first-order chi connectivity index (χ1) is 9.27. The smallest absolute Gasteiger partial charge is 0.214 e. The maximum Gasteiger partial charge on any atom is 0.214 e. The van der Waals surface area contributed by atoms with E-state index in [0.717, 1.165) is 0 Å². The summed E-state index contributed by atoms with van der Waals surface area (Å²) < 4.78 is 2.20. The van der Waals surface area contributed by atoms with Crippen LogP contribution >= 0.6 is 0 Å². The maximum atomic E-state index is 2.50. The highest BCUT2D eigenvalue weighted by atomic mass is 15.1. The molecule has 1 aromatic heterocycles. The molecule has 19 heavy (non-hydrogen) atoms. The van der Waals surface area contributed by atoms with E-state index in [0.29, 0.717) is 6.04 Å². The zero-order valence-electron chi connectivity index (χ0n) is 12.0. The standard InChI is InChI=1S/C17H23N2/c1-18-13-12-17(15-10-6-7-11-16(15)18)19(2)14-8-4-3-5-9-14/h6-7,10-14H,3-5,8-9H2,1-2H3/q+1. The van der Waals surface area contributed by atoms with E-state index in [-0.39, 0.29) is 0 Å². The number of rotatable bonds is 2. The average molecular weight is 255 g/mol. The van der Waals surface area contributed by atoms with Crippen molar-refractivity contribution in [2.75, 3.05) is 11.9 Å².